The minimum Gasteiger partial charge on any atom is -0.354 e. The molecule has 1 aliphatic carbocycles. The Morgan fingerprint density at radius 3 is 2.78 bits per heavy atom. The van der Waals surface area contributed by atoms with Crippen molar-refractivity contribution in [1.29, 1.82) is 0 Å². The summed E-state index contributed by atoms with van der Waals surface area (Å²) < 4.78 is 0. The fourth-order valence-corrected chi connectivity index (χ4v) is 4.87. The predicted octanol–water partition coefficient (Wildman–Crippen LogP) is 4.11. The van der Waals surface area contributed by atoms with Gasteiger partial charge in [0.1, 0.15) is 5.01 Å². The molecule has 2 atom stereocenters. The number of guanidine groups is 1. The van der Waals surface area contributed by atoms with Crippen LogP contribution >= 0.6 is 47.1 Å². The smallest absolute Gasteiger partial charge is 0.191 e. The number of rotatable bonds is 5. The van der Waals surface area contributed by atoms with Crippen molar-refractivity contribution in [3.63, 3.8) is 0 Å². The van der Waals surface area contributed by atoms with Crippen LogP contribution in [-0.2, 0) is 6.54 Å². The first-order valence-corrected chi connectivity index (χ1v) is 10.0. The topological polar surface area (TPSA) is 49.3 Å². The van der Waals surface area contributed by atoms with Crippen molar-refractivity contribution in [2.45, 2.75) is 64.3 Å². The van der Waals surface area contributed by atoms with Crippen molar-refractivity contribution in [3.05, 3.63) is 15.6 Å². The number of nitrogens with zero attached hydrogens (tertiary/aromatic N) is 2. The standard InChI is InChI=1S/C16H28N4S2.HI/c1-5-21-14-8-6-7-13(9-14)20-16(17-4)18-10-15-19-11(2)12(3)22-15;/h13-14H,5-10H2,1-4H3,(H2,17,18,20);1H. The number of nitrogens with one attached hydrogen (secondary N) is 2. The van der Waals surface area contributed by atoms with Gasteiger partial charge < -0.3 is 10.6 Å². The summed E-state index contributed by atoms with van der Waals surface area (Å²) in [6.07, 6.45) is 5.17. The summed E-state index contributed by atoms with van der Waals surface area (Å²) in [4.78, 5) is 10.2. The van der Waals surface area contributed by atoms with Crippen LogP contribution in [0.1, 0.15) is 48.2 Å². The number of thiazole rings is 1. The number of hydrogen-bond donors (Lipinski definition) is 2. The quantitative estimate of drug-likeness (QED) is 0.388. The molecule has 7 heteroatoms. The molecule has 1 heterocycles. The maximum Gasteiger partial charge on any atom is 0.191 e. The monoisotopic (exact) mass is 468 g/mol. The fraction of sp³-hybridized carbons (Fsp3) is 0.750. The number of thioether (sulfide) groups is 1. The van der Waals surface area contributed by atoms with Crippen LogP contribution < -0.4 is 10.6 Å². The van der Waals surface area contributed by atoms with Crippen LogP contribution in [0.2, 0.25) is 0 Å². The van der Waals surface area contributed by atoms with E-state index >= 15 is 0 Å². The van der Waals surface area contributed by atoms with E-state index in [1.54, 1.807) is 11.3 Å². The third-order valence-electron chi connectivity index (χ3n) is 4.07. The molecule has 1 aromatic heterocycles. The third kappa shape index (κ3) is 6.78. The Balaban J connectivity index is 0.00000264. The van der Waals surface area contributed by atoms with Crippen molar-refractivity contribution in [2.75, 3.05) is 12.8 Å². The molecule has 1 aliphatic rings. The molecule has 2 unspecified atom stereocenters. The number of aromatic nitrogens is 1. The molecule has 1 fully saturated rings. The maximum absolute atomic E-state index is 4.57. The second-order valence-corrected chi connectivity index (χ2v) is 8.63. The van der Waals surface area contributed by atoms with E-state index in [4.69, 9.17) is 0 Å². The van der Waals surface area contributed by atoms with Crippen LogP contribution in [-0.4, -0.2) is 35.0 Å². The lowest BCUT2D eigenvalue weighted by atomic mass is 9.95. The first kappa shape index (κ1) is 21.0. The van der Waals surface area contributed by atoms with Gasteiger partial charge in [-0.1, -0.05) is 13.3 Å². The van der Waals surface area contributed by atoms with Crippen LogP contribution in [0.5, 0.6) is 0 Å². The molecule has 1 saturated carbocycles. The van der Waals surface area contributed by atoms with Crippen LogP contribution in [0.15, 0.2) is 4.99 Å². The fourth-order valence-electron chi connectivity index (χ4n) is 2.83. The normalized spacial score (nSPS) is 21.7. The van der Waals surface area contributed by atoms with Gasteiger partial charge in [0.15, 0.2) is 5.96 Å². The molecule has 0 radical (unpaired) electrons. The minimum atomic E-state index is 0. The van der Waals surface area contributed by atoms with Gasteiger partial charge in [0.2, 0.25) is 0 Å². The molecule has 0 saturated heterocycles. The van der Waals surface area contributed by atoms with E-state index in [0.29, 0.717) is 6.04 Å². The van der Waals surface area contributed by atoms with Gasteiger partial charge in [0.05, 0.1) is 12.2 Å². The van der Waals surface area contributed by atoms with Crippen LogP contribution in [0.25, 0.3) is 0 Å². The Kier molecular flexibility index (Phi) is 9.84. The minimum absolute atomic E-state index is 0. The molecule has 0 bridgehead atoms. The Hall–Kier alpha value is -0.0200. The molecule has 0 aromatic carbocycles. The SMILES string of the molecule is CCSC1CCCC(NC(=NC)NCc2nc(C)c(C)s2)C1.I. The van der Waals surface area contributed by atoms with E-state index in [-0.39, 0.29) is 24.0 Å². The van der Waals surface area contributed by atoms with Crippen LogP contribution in [0, 0.1) is 13.8 Å². The molecule has 2 N–H and O–H groups in total. The van der Waals surface area contributed by atoms with E-state index in [2.05, 4.69) is 53.1 Å². The third-order valence-corrected chi connectivity index (χ3v) is 6.38. The lowest BCUT2D eigenvalue weighted by molar-refractivity contribution is 0.419. The van der Waals surface area contributed by atoms with E-state index in [0.717, 1.165) is 28.5 Å². The lowest BCUT2D eigenvalue weighted by Crippen LogP contribution is -2.45. The van der Waals surface area contributed by atoms with Gasteiger partial charge in [-0.2, -0.15) is 11.8 Å². The van der Waals surface area contributed by atoms with Crippen LogP contribution in [0.3, 0.4) is 0 Å². The summed E-state index contributed by atoms with van der Waals surface area (Å²) in [6.45, 7) is 7.19. The first-order chi connectivity index (χ1) is 10.6. The number of halogens is 1. The predicted molar refractivity (Wildman–Crippen MR) is 115 cm³/mol. The first-order valence-electron chi connectivity index (χ1n) is 8.14. The summed E-state index contributed by atoms with van der Waals surface area (Å²) in [5.74, 6) is 2.12. The van der Waals surface area contributed by atoms with E-state index in [1.165, 1.54) is 36.3 Å². The second kappa shape index (κ2) is 10.8. The highest BCUT2D eigenvalue weighted by atomic mass is 127. The van der Waals surface area contributed by atoms with Gasteiger partial charge in [-0.25, -0.2) is 4.98 Å². The average molecular weight is 468 g/mol. The van der Waals surface area contributed by atoms with Crippen LogP contribution in [0.4, 0.5) is 0 Å². The van der Waals surface area contributed by atoms with Gasteiger partial charge >= 0.3 is 0 Å². The van der Waals surface area contributed by atoms with Gasteiger partial charge in [-0.15, -0.1) is 35.3 Å². The Bertz CT molecular complexity index is 483. The molecule has 1 aromatic rings. The van der Waals surface area contributed by atoms with Crippen molar-refractivity contribution in [2.24, 2.45) is 4.99 Å². The zero-order valence-electron chi connectivity index (χ0n) is 14.5. The van der Waals surface area contributed by atoms with E-state index in [9.17, 15) is 0 Å². The summed E-state index contributed by atoms with van der Waals surface area (Å²) in [5, 5.41) is 8.92. The number of hydrogen-bond acceptors (Lipinski definition) is 4. The summed E-state index contributed by atoms with van der Waals surface area (Å²) in [7, 11) is 1.84. The summed E-state index contributed by atoms with van der Waals surface area (Å²) in [5.41, 5.74) is 1.14. The molecule has 132 valence electrons. The molecule has 2 rings (SSSR count). The maximum atomic E-state index is 4.57. The van der Waals surface area contributed by atoms with Crippen molar-refractivity contribution in [3.8, 4) is 0 Å². The average Bonchev–Trinajstić information content (AvgIpc) is 2.83. The molecule has 0 amide bonds. The zero-order chi connectivity index (χ0) is 15.9. The Morgan fingerprint density at radius 1 is 1.39 bits per heavy atom. The van der Waals surface area contributed by atoms with Crippen molar-refractivity contribution >= 4 is 53.0 Å². The van der Waals surface area contributed by atoms with Gasteiger partial charge in [0, 0.05) is 23.2 Å². The zero-order valence-corrected chi connectivity index (χ0v) is 18.5. The second-order valence-electron chi connectivity index (χ2n) is 5.76. The van der Waals surface area contributed by atoms with Gasteiger partial charge in [-0.05, 0) is 38.9 Å². The van der Waals surface area contributed by atoms with E-state index < -0.39 is 0 Å². The molecule has 23 heavy (non-hydrogen) atoms. The lowest BCUT2D eigenvalue weighted by Gasteiger charge is -2.30. The Morgan fingerprint density at radius 2 is 2.17 bits per heavy atom. The van der Waals surface area contributed by atoms with Crippen molar-refractivity contribution in [1.82, 2.24) is 15.6 Å². The number of aryl methyl sites for hydroxylation is 2. The molecule has 0 spiro atoms. The molecule has 4 nitrogen and oxygen atoms in total. The molecular weight excluding hydrogens is 439 g/mol. The molecular formula is C16H29IN4S2. The molecule has 0 aliphatic heterocycles. The summed E-state index contributed by atoms with van der Waals surface area (Å²) in [6, 6.07) is 0.545. The highest BCUT2D eigenvalue weighted by Gasteiger charge is 2.22. The highest BCUT2D eigenvalue weighted by molar-refractivity contribution is 14.0. The van der Waals surface area contributed by atoms with Gasteiger partial charge in [-0.3, -0.25) is 4.99 Å². The van der Waals surface area contributed by atoms with E-state index in [1.807, 2.05) is 7.05 Å². The van der Waals surface area contributed by atoms with Gasteiger partial charge in [0.25, 0.3) is 0 Å². The van der Waals surface area contributed by atoms with Crippen molar-refractivity contribution < 1.29 is 0 Å². The summed E-state index contributed by atoms with van der Waals surface area (Å²) >= 11 is 3.86. The highest BCUT2D eigenvalue weighted by Crippen LogP contribution is 2.28. The Labute approximate surface area is 165 Å². The number of aliphatic imine (C=N–C) groups is 1. The largest absolute Gasteiger partial charge is 0.354 e.